The Morgan fingerprint density at radius 1 is 1.13 bits per heavy atom. The van der Waals surface area contributed by atoms with Crippen molar-refractivity contribution in [3.8, 4) is 0 Å². The third kappa shape index (κ3) is 2.21. The summed E-state index contributed by atoms with van der Waals surface area (Å²) >= 11 is 0. The number of hydrogen-bond donors (Lipinski definition) is 0. The molecule has 1 heterocycles. The van der Waals surface area contributed by atoms with Gasteiger partial charge in [-0.1, -0.05) is 30.3 Å². The van der Waals surface area contributed by atoms with E-state index in [1.54, 1.807) is 30.3 Å². The minimum absolute atomic E-state index is 0. The first-order chi connectivity index (χ1) is 6.76. The number of carbonyl (C=O) groups is 1. The second-order valence-corrected chi connectivity index (χ2v) is 2.70. The molecule has 0 aliphatic carbocycles. The normalized spacial score (nSPS) is 16.0. The van der Waals surface area contributed by atoms with Gasteiger partial charge in [0, 0.05) is 5.56 Å². The number of carbonyl (C=O) groups excluding carboxylic acids is 1. The molecule has 1 aliphatic rings. The van der Waals surface area contributed by atoms with Gasteiger partial charge in [0.1, 0.15) is 0 Å². The summed E-state index contributed by atoms with van der Waals surface area (Å²) in [7, 11) is 0. The third-order valence-corrected chi connectivity index (χ3v) is 1.88. The predicted molar refractivity (Wildman–Crippen MR) is 42.8 cm³/mol. The Hall–Kier alpha value is -0.474. The first-order valence-corrected chi connectivity index (χ1v) is 3.87. The predicted octanol–water partition coefficient (Wildman–Crippen LogP) is -2.57. The number of nitrogens with zero attached hydrogens (tertiary/aromatic N) is 4. The Balaban J connectivity index is 0.00000112. The molecule has 0 amide bonds. The summed E-state index contributed by atoms with van der Waals surface area (Å²) in [5.74, 6) is -1.44. The summed E-state index contributed by atoms with van der Waals surface area (Å²) in [6.07, 6.45) is 0. The minimum Gasteiger partial charge on any atom is -0.545 e. The van der Waals surface area contributed by atoms with Crippen molar-refractivity contribution in [2.75, 3.05) is 0 Å². The zero-order chi connectivity index (χ0) is 10.0. The summed E-state index contributed by atoms with van der Waals surface area (Å²) in [4.78, 5) is 10.9. The molecule has 0 spiro atoms. The number of aliphatic carboxylic acids is 1. The Morgan fingerprint density at radius 3 is 2.13 bits per heavy atom. The van der Waals surface area contributed by atoms with Crippen LogP contribution in [-0.4, -0.2) is 5.97 Å². The number of rotatable bonds is 2. The smallest absolute Gasteiger partial charge is 0.545 e. The molecule has 0 atom stereocenters. The van der Waals surface area contributed by atoms with Gasteiger partial charge in [0.25, 0.3) is 5.66 Å². The first kappa shape index (κ1) is 12.6. The molecule has 1 aromatic carbocycles. The standard InChI is InChI=1S/C8H6N4O2.K/c13-7(14)8(9-11-12-10-8)6-4-2-1-3-5-6;/h1-5H,(H,13,14);/q;+1/p-1. The molecule has 0 aromatic heterocycles. The summed E-state index contributed by atoms with van der Waals surface area (Å²) in [5.41, 5.74) is -1.41. The molecule has 0 radical (unpaired) electrons. The van der Waals surface area contributed by atoms with Gasteiger partial charge in [-0.25, -0.2) is 0 Å². The van der Waals surface area contributed by atoms with E-state index in [2.05, 4.69) is 20.7 Å². The van der Waals surface area contributed by atoms with Crippen LogP contribution in [0.5, 0.6) is 0 Å². The van der Waals surface area contributed by atoms with Crippen LogP contribution in [0.15, 0.2) is 51.0 Å². The molecule has 0 saturated heterocycles. The van der Waals surface area contributed by atoms with Gasteiger partial charge in [0.05, 0.1) is 5.97 Å². The van der Waals surface area contributed by atoms with Crippen LogP contribution in [0.4, 0.5) is 0 Å². The molecule has 0 saturated carbocycles. The maximum atomic E-state index is 10.9. The monoisotopic (exact) mass is 228 g/mol. The molecule has 0 N–H and O–H groups in total. The van der Waals surface area contributed by atoms with Gasteiger partial charge in [-0.3, -0.25) is 0 Å². The Kier molecular flexibility index (Phi) is 4.23. The summed E-state index contributed by atoms with van der Waals surface area (Å²) < 4.78 is 0. The van der Waals surface area contributed by atoms with Crippen molar-refractivity contribution in [3.05, 3.63) is 35.9 Å². The van der Waals surface area contributed by atoms with Crippen LogP contribution in [0.1, 0.15) is 5.56 Å². The minimum atomic E-state index is -1.79. The third-order valence-electron chi connectivity index (χ3n) is 1.88. The second-order valence-electron chi connectivity index (χ2n) is 2.70. The maximum Gasteiger partial charge on any atom is 1.00 e. The molecule has 1 aliphatic heterocycles. The average molecular weight is 228 g/mol. The Bertz CT molecular complexity index is 406. The van der Waals surface area contributed by atoms with Crippen LogP contribution in [0.25, 0.3) is 0 Å². The van der Waals surface area contributed by atoms with Crippen molar-refractivity contribution in [1.29, 1.82) is 0 Å². The van der Waals surface area contributed by atoms with Crippen molar-refractivity contribution >= 4 is 5.97 Å². The molecule has 1 aromatic rings. The van der Waals surface area contributed by atoms with Crippen molar-refractivity contribution in [1.82, 2.24) is 0 Å². The van der Waals surface area contributed by atoms with Crippen molar-refractivity contribution in [2.24, 2.45) is 20.7 Å². The van der Waals surface area contributed by atoms with Gasteiger partial charge < -0.3 is 9.90 Å². The van der Waals surface area contributed by atoms with E-state index in [1.165, 1.54) is 0 Å². The molecular formula is C8H5KN4O2. The van der Waals surface area contributed by atoms with E-state index in [-0.39, 0.29) is 51.4 Å². The topological polar surface area (TPSA) is 89.6 Å². The van der Waals surface area contributed by atoms with Crippen molar-refractivity contribution < 1.29 is 61.3 Å². The molecule has 6 nitrogen and oxygen atoms in total. The van der Waals surface area contributed by atoms with E-state index in [0.29, 0.717) is 5.56 Å². The molecule has 0 fully saturated rings. The van der Waals surface area contributed by atoms with Gasteiger partial charge >= 0.3 is 51.4 Å². The number of carboxylic acids is 1. The number of benzene rings is 1. The summed E-state index contributed by atoms with van der Waals surface area (Å²) in [5, 5.41) is 24.2. The van der Waals surface area contributed by atoms with Gasteiger partial charge in [0.15, 0.2) is 0 Å². The van der Waals surface area contributed by atoms with Gasteiger partial charge in [-0.2, -0.15) is 0 Å². The second kappa shape index (κ2) is 5.04. The quantitative estimate of drug-likeness (QED) is 0.520. The van der Waals surface area contributed by atoms with E-state index in [1.807, 2.05) is 0 Å². The molecule has 0 bridgehead atoms. The average Bonchev–Trinajstić information content (AvgIpc) is 2.69. The number of hydrogen-bond acceptors (Lipinski definition) is 6. The SMILES string of the molecule is O=C([O-])C1(c2ccccc2)N=NN=N1.[K+]. The van der Waals surface area contributed by atoms with Crippen LogP contribution in [-0.2, 0) is 10.5 Å². The van der Waals surface area contributed by atoms with Gasteiger partial charge in [-0.15, -0.1) is 10.2 Å². The fourth-order valence-corrected chi connectivity index (χ4v) is 1.17. The first-order valence-electron chi connectivity index (χ1n) is 3.87. The molecule has 0 unspecified atom stereocenters. The van der Waals surface area contributed by atoms with E-state index >= 15 is 0 Å². The zero-order valence-electron chi connectivity index (χ0n) is 7.99. The van der Waals surface area contributed by atoms with Crippen molar-refractivity contribution in [2.45, 2.75) is 5.66 Å². The summed E-state index contributed by atoms with van der Waals surface area (Å²) in [6.45, 7) is 0. The molecule has 2 rings (SSSR count). The van der Waals surface area contributed by atoms with E-state index < -0.39 is 11.6 Å². The van der Waals surface area contributed by atoms with Crippen LogP contribution < -0.4 is 56.5 Å². The summed E-state index contributed by atoms with van der Waals surface area (Å²) in [6, 6.07) is 8.29. The number of carboxylic acid groups (broad SMARTS) is 1. The van der Waals surface area contributed by atoms with Crippen LogP contribution in [0.2, 0.25) is 0 Å². The largest absolute Gasteiger partial charge is 1.00 e. The Morgan fingerprint density at radius 2 is 1.67 bits per heavy atom. The fraction of sp³-hybridized carbons (Fsp3) is 0.125. The molecule has 15 heavy (non-hydrogen) atoms. The van der Waals surface area contributed by atoms with E-state index in [9.17, 15) is 9.90 Å². The maximum absolute atomic E-state index is 10.9. The van der Waals surface area contributed by atoms with E-state index in [0.717, 1.165) is 0 Å². The van der Waals surface area contributed by atoms with Crippen LogP contribution in [0, 0.1) is 0 Å². The molecule has 7 heteroatoms. The molecular weight excluding hydrogens is 223 g/mol. The van der Waals surface area contributed by atoms with Crippen LogP contribution in [0.3, 0.4) is 0 Å². The zero-order valence-corrected chi connectivity index (χ0v) is 11.1. The molecule has 70 valence electrons. The van der Waals surface area contributed by atoms with Gasteiger partial charge in [-0.05, 0) is 10.4 Å². The van der Waals surface area contributed by atoms with E-state index in [4.69, 9.17) is 0 Å². The fourth-order valence-electron chi connectivity index (χ4n) is 1.17. The Labute approximate surface area is 128 Å². The van der Waals surface area contributed by atoms with Gasteiger partial charge in [0.2, 0.25) is 0 Å². The van der Waals surface area contributed by atoms with Crippen molar-refractivity contribution in [3.63, 3.8) is 0 Å². The van der Waals surface area contributed by atoms with Crippen LogP contribution >= 0.6 is 0 Å².